The Labute approximate surface area is 115 Å². The molecule has 0 aliphatic heterocycles. The van der Waals surface area contributed by atoms with Gasteiger partial charge >= 0.3 is 0 Å². The van der Waals surface area contributed by atoms with E-state index in [1.165, 1.54) is 6.07 Å². The molecule has 0 saturated heterocycles. The summed E-state index contributed by atoms with van der Waals surface area (Å²) in [6.07, 6.45) is 1.94. The van der Waals surface area contributed by atoms with E-state index in [0.717, 1.165) is 16.5 Å². The summed E-state index contributed by atoms with van der Waals surface area (Å²) in [5, 5.41) is 0. The van der Waals surface area contributed by atoms with Crippen LogP contribution in [0.5, 0.6) is 0 Å². The average molecular weight is 279 g/mol. The molecule has 2 aromatic carbocycles. The van der Waals surface area contributed by atoms with Crippen LogP contribution in [0, 0.1) is 18.6 Å². The van der Waals surface area contributed by atoms with Crippen LogP contribution in [0.4, 0.5) is 8.78 Å². The van der Waals surface area contributed by atoms with Gasteiger partial charge in [0, 0.05) is 16.5 Å². The Bertz CT molecular complexity index is 599. The second-order valence-corrected chi connectivity index (χ2v) is 5.19. The van der Waals surface area contributed by atoms with Crippen molar-refractivity contribution in [2.75, 3.05) is 6.26 Å². The summed E-state index contributed by atoms with van der Waals surface area (Å²) >= 11 is 1.56. The molecule has 0 saturated carbocycles. The molecule has 0 radical (unpaired) electrons. The normalized spacial score (nSPS) is 12.5. The number of thioether (sulfide) groups is 1. The Balaban J connectivity index is 2.50. The monoisotopic (exact) mass is 279 g/mol. The van der Waals surface area contributed by atoms with Gasteiger partial charge in [0.25, 0.3) is 0 Å². The lowest BCUT2D eigenvalue weighted by Gasteiger charge is -2.17. The molecule has 0 heterocycles. The number of halogens is 2. The predicted molar refractivity (Wildman–Crippen MR) is 75.3 cm³/mol. The van der Waals surface area contributed by atoms with Gasteiger partial charge in [0.1, 0.15) is 11.6 Å². The standard InChI is InChI=1S/C15H15F2NS/c1-9-7-11(13(17)8-12(9)16)15(18)10-5-3-4-6-14(10)19-2/h3-8,15H,18H2,1-2H3. The van der Waals surface area contributed by atoms with Gasteiger partial charge in [0.15, 0.2) is 0 Å². The zero-order valence-electron chi connectivity index (χ0n) is 10.8. The lowest BCUT2D eigenvalue weighted by Crippen LogP contribution is -2.15. The van der Waals surface area contributed by atoms with Crippen molar-refractivity contribution in [2.45, 2.75) is 17.9 Å². The summed E-state index contributed by atoms with van der Waals surface area (Å²) in [5.41, 5.74) is 7.70. The Kier molecular flexibility index (Phi) is 4.22. The van der Waals surface area contributed by atoms with Gasteiger partial charge in [-0.2, -0.15) is 0 Å². The molecule has 0 aromatic heterocycles. The third-order valence-electron chi connectivity index (χ3n) is 3.09. The SMILES string of the molecule is CSc1ccccc1C(N)c1cc(C)c(F)cc1F. The van der Waals surface area contributed by atoms with Crippen molar-refractivity contribution in [1.82, 2.24) is 0 Å². The molecule has 1 unspecified atom stereocenters. The Morgan fingerprint density at radius 3 is 2.42 bits per heavy atom. The van der Waals surface area contributed by atoms with E-state index in [0.29, 0.717) is 11.1 Å². The molecule has 2 N–H and O–H groups in total. The average Bonchev–Trinajstić information content (AvgIpc) is 2.42. The fraction of sp³-hybridized carbons (Fsp3) is 0.200. The molecule has 0 aliphatic carbocycles. The van der Waals surface area contributed by atoms with Crippen LogP contribution >= 0.6 is 11.8 Å². The Morgan fingerprint density at radius 2 is 1.74 bits per heavy atom. The molecule has 2 aromatic rings. The maximum atomic E-state index is 13.9. The summed E-state index contributed by atoms with van der Waals surface area (Å²) in [4.78, 5) is 0.997. The third-order valence-corrected chi connectivity index (χ3v) is 3.90. The van der Waals surface area contributed by atoms with E-state index in [1.807, 2.05) is 30.5 Å². The fourth-order valence-electron chi connectivity index (χ4n) is 2.01. The first-order chi connectivity index (χ1) is 9.04. The van der Waals surface area contributed by atoms with Crippen LogP contribution in [0.15, 0.2) is 41.3 Å². The molecule has 0 aliphatic rings. The molecule has 0 bridgehead atoms. The van der Waals surface area contributed by atoms with Crippen molar-refractivity contribution >= 4 is 11.8 Å². The lowest BCUT2D eigenvalue weighted by atomic mass is 9.97. The molecule has 100 valence electrons. The maximum Gasteiger partial charge on any atom is 0.131 e. The minimum atomic E-state index is -0.605. The zero-order valence-corrected chi connectivity index (χ0v) is 11.6. The molecular weight excluding hydrogens is 264 g/mol. The second kappa shape index (κ2) is 5.72. The van der Waals surface area contributed by atoms with Gasteiger partial charge < -0.3 is 5.73 Å². The smallest absolute Gasteiger partial charge is 0.131 e. The highest BCUT2D eigenvalue weighted by Crippen LogP contribution is 2.30. The molecule has 1 nitrogen and oxygen atoms in total. The molecule has 2 rings (SSSR count). The van der Waals surface area contributed by atoms with Gasteiger partial charge in [-0.15, -0.1) is 11.8 Å². The van der Waals surface area contributed by atoms with Crippen LogP contribution in [0.1, 0.15) is 22.7 Å². The Hall–Kier alpha value is -1.39. The fourth-order valence-corrected chi connectivity index (χ4v) is 2.65. The van der Waals surface area contributed by atoms with Crippen LogP contribution in [-0.2, 0) is 0 Å². The first kappa shape index (κ1) is 14.0. The van der Waals surface area contributed by atoms with Gasteiger partial charge in [-0.25, -0.2) is 8.78 Å². The number of nitrogens with two attached hydrogens (primary N) is 1. The van der Waals surface area contributed by atoms with Crippen LogP contribution in [0.25, 0.3) is 0 Å². The molecule has 0 spiro atoms. The lowest BCUT2D eigenvalue weighted by molar-refractivity contribution is 0.560. The summed E-state index contributed by atoms with van der Waals surface area (Å²) in [6, 6.07) is 9.36. The number of benzene rings is 2. The van der Waals surface area contributed by atoms with Crippen LogP contribution in [-0.4, -0.2) is 6.26 Å². The van der Waals surface area contributed by atoms with Crippen LogP contribution in [0.3, 0.4) is 0 Å². The minimum absolute atomic E-state index is 0.320. The second-order valence-electron chi connectivity index (χ2n) is 4.34. The maximum absolute atomic E-state index is 13.9. The first-order valence-corrected chi connectivity index (χ1v) is 7.11. The van der Waals surface area contributed by atoms with E-state index < -0.39 is 17.7 Å². The van der Waals surface area contributed by atoms with E-state index in [-0.39, 0.29) is 0 Å². The first-order valence-electron chi connectivity index (χ1n) is 5.88. The quantitative estimate of drug-likeness (QED) is 0.858. The minimum Gasteiger partial charge on any atom is -0.320 e. The molecule has 0 fully saturated rings. The van der Waals surface area contributed by atoms with Crippen molar-refractivity contribution < 1.29 is 8.78 Å². The predicted octanol–water partition coefficient (Wildman–Crippen LogP) is 4.04. The van der Waals surface area contributed by atoms with Gasteiger partial charge in [-0.3, -0.25) is 0 Å². The molecule has 19 heavy (non-hydrogen) atoms. The summed E-state index contributed by atoms with van der Waals surface area (Å²) < 4.78 is 27.2. The largest absolute Gasteiger partial charge is 0.320 e. The van der Waals surface area contributed by atoms with E-state index >= 15 is 0 Å². The molecule has 1 atom stereocenters. The number of aryl methyl sites for hydroxylation is 1. The molecule has 4 heteroatoms. The molecular formula is C15H15F2NS. The number of rotatable bonds is 3. The van der Waals surface area contributed by atoms with Gasteiger partial charge in [-0.05, 0) is 36.4 Å². The number of hydrogen-bond acceptors (Lipinski definition) is 2. The van der Waals surface area contributed by atoms with E-state index in [2.05, 4.69) is 0 Å². The highest BCUT2D eigenvalue weighted by atomic mass is 32.2. The van der Waals surface area contributed by atoms with Gasteiger partial charge in [0.2, 0.25) is 0 Å². The summed E-state index contributed by atoms with van der Waals surface area (Å²) in [5.74, 6) is -1.15. The summed E-state index contributed by atoms with van der Waals surface area (Å²) in [7, 11) is 0. The highest BCUT2D eigenvalue weighted by Gasteiger charge is 2.18. The van der Waals surface area contributed by atoms with Crippen LogP contribution in [0.2, 0.25) is 0 Å². The van der Waals surface area contributed by atoms with E-state index in [9.17, 15) is 8.78 Å². The third kappa shape index (κ3) is 2.80. The zero-order chi connectivity index (χ0) is 14.0. The topological polar surface area (TPSA) is 26.0 Å². The van der Waals surface area contributed by atoms with Crippen molar-refractivity contribution in [3.8, 4) is 0 Å². The van der Waals surface area contributed by atoms with Crippen LogP contribution < -0.4 is 5.73 Å². The van der Waals surface area contributed by atoms with Crippen molar-refractivity contribution in [2.24, 2.45) is 5.73 Å². The van der Waals surface area contributed by atoms with Crippen molar-refractivity contribution in [3.63, 3.8) is 0 Å². The highest BCUT2D eigenvalue weighted by molar-refractivity contribution is 7.98. The van der Waals surface area contributed by atoms with E-state index in [1.54, 1.807) is 18.7 Å². The number of hydrogen-bond donors (Lipinski definition) is 1. The van der Waals surface area contributed by atoms with Crippen molar-refractivity contribution in [3.05, 3.63) is 64.7 Å². The molecule has 0 amide bonds. The summed E-state index contributed by atoms with van der Waals surface area (Å²) in [6.45, 7) is 1.60. The van der Waals surface area contributed by atoms with E-state index in [4.69, 9.17) is 5.73 Å². The van der Waals surface area contributed by atoms with Crippen molar-refractivity contribution in [1.29, 1.82) is 0 Å². The van der Waals surface area contributed by atoms with Gasteiger partial charge in [-0.1, -0.05) is 18.2 Å². The van der Waals surface area contributed by atoms with Gasteiger partial charge in [0.05, 0.1) is 6.04 Å². The Morgan fingerprint density at radius 1 is 1.05 bits per heavy atom.